The van der Waals surface area contributed by atoms with Crippen LogP contribution in [0.3, 0.4) is 0 Å². The molecular weight excluding hydrogens is 376 g/mol. The predicted molar refractivity (Wildman–Crippen MR) is 94.1 cm³/mol. The van der Waals surface area contributed by atoms with Crippen LogP contribution in [0.2, 0.25) is 0 Å². The highest BCUT2D eigenvalue weighted by atomic mass is 79.9. The number of aryl methyl sites for hydroxylation is 1. The van der Waals surface area contributed by atoms with Gasteiger partial charge in [-0.15, -0.1) is 0 Å². The average molecular weight is 395 g/mol. The lowest BCUT2D eigenvalue weighted by Gasteiger charge is -2.15. The molecule has 0 aliphatic rings. The number of carboxylic acid groups (broad SMARTS) is 1. The van der Waals surface area contributed by atoms with E-state index in [9.17, 15) is 4.79 Å². The third-order valence-corrected chi connectivity index (χ3v) is 3.83. The number of aliphatic carboxylic acids is 1. The van der Waals surface area contributed by atoms with Crippen molar-refractivity contribution in [3.63, 3.8) is 0 Å². The maximum atomic E-state index is 10.8. The highest BCUT2D eigenvalue weighted by molar-refractivity contribution is 9.10. The van der Waals surface area contributed by atoms with Gasteiger partial charge in [0, 0.05) is 10.9 Å². The summed E-state index contributed by atoms with van der Waals surface area (Å²) in [5.74, 6) is 1.07. The van der Waals surface area contributed by atoms with E-state index < -0.39 is 5.97 Å². The molecule has 128 valence electrons. The van der Waals surface area contributed by atoms with Crippen molar-refractivity contribution in [1.82, 2.24) is 0 Å². The summed E-state index contributed by atoms with van der Waals surface area (Å²) in [6.07, 6.45) is 0.425. The van der Waals surface area contributed by atoms with Crippen LogP contribution in [0.25, 0.3) is 0 Å². The molecule has 0 spiro atoms. The van der Waals surface area contributed by atoms with Gasteiger partial charge in [-0.2, -0.15) is 0 Å². The van der Waals surface area contributed by atoms with Crippen LogP contribution in [0.5, 0.6) is 17.2 Å². The Morgan fingerprint density at radius 3 is 2.46 bits per heavy atom. The van der Waals surface area contributed by atoms with Crippen LogP contribution in [0.4, 0.5) is 0 Å². The van der Waals surface area contributed by atoms with E-state index in [1.54, 1.807) is 13.2 Å². The summed E-state index contributed by atoms with van der Waals surface area (Å²) in [6, 6.07) is 13.0. The summed E-state index contributed by atoms with van der Waals surface area (Å²) in [5, 5.41) is 8.86. The molecule has 0 heterocycles. The van der Waals surface area contributed by atoms with E-state index in [1.165, 1.54) is 0 Å². The van der Waals surface area contributed by atoms with Gasteiger partial charge >= 0.3 is 5.97 Å². The van der Waals surface area contributed by atoms with Gasteiger partial charge in [-0.3, -0.25) is 4.79 Å². The molecule has 5 nitrogen and oxygen atoms in total. The van der Waals surface area contributed by atoms with Gasteiger partial charge in [0.1, 0.15) is 19.0 Å². The van der Waals surface area contributed by atoms with Crippen molar-refractivity contribution in [1.29, 1.82) is 0 Å². The molecule has 0 aromatic heterocycles. The fraction of sp³-hybridized carbons (Fsp3) is 0.278. The maximum absolute atomic E-state index is 10.8. The van der Waals surface area contributed by atoms with E-state index >= 15 is 0 Å². The number of benzene rings is 2. The summed E-state index contributed by atoms with van der Waals surface area (Å²) in [7, 11) is 1.56. The van der Waals surface area contributed by atoms with Crippen LogP contribution < -0.4 is 14.2 Å². The van der Waals surface area contributed by atoms with Crippen molar-refractivity contribution in [2.75, 3.05) is 20.3 Å². The lowest BCUT2D eigenvalue weighted by Crippen LogP contribution is -2.11. The second kappa shape index (κ2) is 9.17. The average Bonchev–Trinajstić information content (AvgIpc) is 2.58. The molecule has 0 amide bonds. The van der Waals surface area contributed by atoms with E-state index in [0.29, 0.717) is 31.1 Å². The van der Waals surface area contributed by atoms with Crippen LogP contribution in [-0.2, 0) is 11.2 Å². The number of ether oxygens (including phenoxy) is 3. The zero-order chi connectivity index (χ0) is 17.4. The van der Waals surface area contributed by atoms with Crippen LogP contribution in [0.1, 0.15) is 12.0 Å². The van der Waals surface area contributed by atoms with Crippen molar-refractivity contribution in [2.24, 2.45) is 0 Å². The fourth-order valence-electron chi connectivity index (χ4n) is 2.16. The number of halogens is 1. The number of hydrogen-bond donors (Lipinski definition) is 1. The van der Waals surface area contributed by atoms with Gasteiger partial charge in [-0.25, -0.2) is 0 Å². The van der Waals surface area contributed by atoms with E-state index in [1.807, 2.05) is 36.4 Å². The molecule has 0 fully saturated rings. The first-order chi connectivity index (χ1) is 11.6. The largest absolute Gasteiger partial charge is 0.493 e. The van der Waals surface area contributed by atoms with E-state index in [4.69, 9.17) is 19.3 Å². The molecule has 0 bridgehead atoms. The van der Waals surface area contributed by atoms with Gasteiger partial charge in [0.2, 0.25) is 0 Å². The normalized spacial score (nSPS) is 10.2. The van der Waals surface area contributed by atoms with Gasteiger partial charge in [-0.1, -0.05) is 28.1 Å². The summed E-state index contributed by atoms with van der Waals surface area (Å²) in [4.78, 5) is 10.8. The molecule has 0 saturated heterocycles. The number of para-hydroxylation sites is 1. The second-order valence-electron chi connectivity index (χ2n) is 4.99. The molecule has 0 aliphatic carbocycles. The zero-order valence-corrected chi connectivity index (χ0v) is 14.9. The van der Waals surface area contributed by atoms with Crippen molar-refractivity contribution in [3.8, 4) is 17.2 Å². The number of carbonyl (C=O) groups is 1. The Labute approximate surface area is 149 Å². The number of rotatable bonds is 9. The Hall–Kier alpha value is -2.21. The minimum absolute atomic E-state index is 0.0406. The quantitative estimate of drug-likeness (QED) is 0.652. The van der Waals surface area contributed by atoms with Crippen LogP contribution in [0, 0.1) is 0 Å². The Morgan fingerprint density at radius 1 is 1.08 bits per heavy atom. The second-order valence-corrected chi connectivity index (χ2v) is 5.91. The van der Waals surface area contributed by atoms with Crippen LogP contribution in [-0.4, -0.2) is 31.4 Å². The summed E-state index contributed by atoms with van der Waals surface area (Å²) in [6.45, 7) is 0.703. The molecule has 0 unspecified atom stereocenters. The van der Waals surface area contributed by atoms with Gasteiger partial charge in [0.05, 0.1) is 7.11 Å². The van der Waals surface area contributed by atoms with Crippen molar-refractivity contribution < 1.29 is 24.1 Å². The standard InChI is InChI=1S/C18H19BrO5/c1-22-16-4-2-3-13(5-10-17(20)21)18(16)24-12-11-23-15-8-6-14(19)7-9-15/h2-4,6-9H,5,10-12H2,1H3,(H,20,21). The number of carboxylic acids is 1. The van der Waals surface area contributed by atoms with Crippen molar-refractivity contribution in [2.45, 2.75) is 12.8 Å². The monoisotopic (exact) mass is 394 g/mol. The molecule has 2 aromatic rings. The molecule has 2 rings (SSSR count). The number of methoxy groups -OCH3 is 1. The Morgan fingerprint density at radius 2 is 1.79 bits per heavy atom. The molecule has 0 saturated carbocycles. The molecule has 0 atom stereocenters. The third kappa shape index (κ3) is 5.45. The highest BCUT2D eigenvalue weighted by Crippen LogP contribution is 2.32. The van der Waals surface area contributed by atoms with Crippen LogP contribution >= 0.6 is 15.9 Å². The van der Waals surface area contributed by atoms with Gasteiger partial charge in [0.15, 0.2) is 11.5 Å². The lowest BCUT2D eigenvalue weighted by atomic mass is 10.1. The molecule has 1 N–H and O–H groups in total. The summed E-state index contributed by atoms with van der Waals surface area (Å²) >= 11 is 3.37. The van der Waals surface area contributed by atoms with E-state index in [2.05, 4.69) is 15.9 Å². The Kier molecular flexibility index (Phi) is 6.93. The summed E-state index contributed by atoms with van der Waals surface area (Å²) < 4.78 is 17.7. The zero-order valence-electron chi connectivity index (χ0n) is 13.3. The SMILES string of the molecule is COc1cccc(CCC(=O)O)c1OCCOc1ccc(Br)cc1. The van der Waals surface area contributed by atoms with Gasteiger partial charge in [-0.05, 0) is 42.3 Å². The first kappa shape index (κ1) is 18.1. The van der Waals surface area contributed by atoms with E-state index in [0.717, 1.165) is 15.8 Å². The first-order valence-electron chi connectivity index (χ1n) is 7.49. The third-order valence-electron chi connectivity index (χ3n) is 3.30. The first-order valence-corrected chi connectivity index (χ1v) is 8.28. The van der Waals surface area contributed by atoms with E-state index in [-0.39, 0.29) is 6.42 Å². The van der Waals surface area contributed by atoms with Crippen molar-refractivity contribution in [3.05, 3.63) is 52.5 Å². The fourth-order valence-corrected chi connectivity index (χ4v) is 2.42. The minimum Gasteiger partial charge on any atom is -0.493 e. The van der Waals surface area contributed by atoms with Crippen molar-refractivity contribution >= 4 is 21.9 Å². The Balaban J connectivity index is 1.94. The van der Waals surface area contributed by atoms with Gasteiger partial charge in [0.25, 0.3) is 0 Å². The highest BCUT2D eigenvalue weighted by Gasteiger charge is 2.12. The smallest absolute Gasteiger partial charge is 0.303 e. The predicted octanol–water partition coefficient (Wildman–Crippen LogP) is 3.93. The Bertz CT molecular complexity index is 670. The molecule has 2 aromatic carbocycles. The summed E-state index contributed by atoms with van der Waals surface area (Å²) in [5.41, 5.74) is 0.806. The van der Waals surface area contributed by atoms with Crippen LogP contribution in [0.15, 0.2) is 46.9 Å². The minimum atomic E-state index is -0.845. The molecule has 6 heteroatoms. The molecule has 0 aliphatic heterocycles. The topological polar surface area (TPSA) is 65.0 Å². The number of hydrogen-bond acceptors (Lipinski definition) is 4. The van der Waals surface area contributed by atoms with Gasteiger partial charge < -0.3 is 19.3 Å². The molecular formula is C18H19BrO5. The lowest BCUT2D eigenvalue weighted by molar-refractivity contribution is -0.136. The maximum Gasteiger partial charge on any atom is 0.303 e. The molecule has 24 heavy (non-hydrogen) atoms. The molecule has 0 radical (unpaired) electrons.